The summed E-state index contributed by atoms with van der Waals surface area (Å²) < 4.78 is 6.03. The highest BCUT2D eigenvalue weighted by Gasteiger charge is 2.22. The van der Waals surface area contributed by atoms with E-state index in [2.05, 4.69) is 60.0 Å². The molecule has 5 aromatic rings. The fourth-order valence-electron chi connectivity index (χ4n) is 5.15. The maximum atomic E-state index is 11.3. The number of β-amino-alcohol motifs (C(OH)–C–C–N with tert-alkyl or cyclic N) is 1. The highest BCUT2D eigenvalue weighted by atomic mass is 32.1. The van der Waals surface area contributed by atoms with Crippen LogP contribution in [0.4, 0.5) is 0 Å². The molecule has 1 amide bonds. The summed E-state index contributed by atoms with van der Waals surface area (Å²) >= 11 is 1.67. The van der Waals surface area contributed by atoms with Gasteiger partial charge in [-0.05, 0) is 85.5 Å². The third-order valence-electron chi connectivity index (χ3n) is 7.36. The van der Waals surface area contributed by atoms with Gasteiger partial charge < -0.3 is 25.9 Å². The van der Waals surface area contributed by atoms with Gasteiger partial charge in [0.2, 0.25) is 5.91 Å². The molecule has 0 aliphatic heterocycles. The Hall–Kier alpha value is -3.91. The average Bonchev–Trinajstić information content (AvgIpc) is 3.65. The fraction of sp³-hybridized carbons (Fsp3) is 0.265. The third-order valence-corrected chi connectivity index (χ3v) is 8.27. The number of ether oxygens (including phenoxy) is 1. The van der Waals surface area contributed by atoms with Gasteiger partial charge in [0.15, 0.2) is 0 Å². The van der Waals surface area contributed by atoms with Crippen molar-refractivity contribution in [2.75, 3.05) is 13.2 Å². The maximum Gasteiger partial charge on any atom is 0.248 e. The van der Waals surface area contributed by atoms with Crippen LogP contribution in [0.1, 0.15) is 40.9 Å². The van der Waals surface area contributed by atoms with E-state index in [0.717, 1.165) is 41.0 Å². The predicted octanol–water partition coefficient (Wildman–Crippen LogP) is 6.13. The summed E-state index contributed by atoms with van der Waals surface area (Å²) in [5, 5.41) is 17.5. The number of nitrogens with one attached hydrogen (secondary N) is 2. The second kappa shape index (κ2) is 12.7. The van der Waals surface area contributed by atoms with E-state index in [4.69, 9.17) is 10.5 Å². The molecule has 0 aliphatic rings. The number of aliphatic hydroxyl groups excluding tert-OH is 1. The number of fused-ring (bicyclic) bond motifs is 1. The van der Waals surface area contributed by atoms with Crippen LogP contribution < -0.4 is 15.8 Å². The predicted molar refractivity (Wildman–Crippen MR) is 168 cm³/mol. The smallest absolute Gasteiger partial charge is 0.248 e. The topological polar surface area (TPSA) is 100 Å². The molecule has 2 heterocycles. The van der Waals surface area contributed by atoms with E-state index < -0.39 is 12.0 Å². The number of primary amides is 1. The normalized spacial score (nSPS) is 12.5. The molecule has 5 rings (SSSR count). The lowest BCUT2D eigenvalue weighted by Crippen LogP contribution is -2.46. The lowest BCUT2D eigenvalue weighted by atomic mass is 9.93. The molecule has 6 nitrogen and oxygen atoms in total. The van der Waals surface area contributed by atoms with Gasteiger partial charge in [-0.2, -0.15) is 0 Å². The average molecular weight is 568 g/mol. The van der Waals surface area contributed by atoms with E-state index in [9.17, 15) is 9.90 Å². The van der Waals surface area contributed by atoms with E-state index in [1.165, 1.54) is 22.1 Å². The number of aliphatic hydroxyl groups is 1. The van der Waals surface area contributed by atoms with Gasteiger partial charge in [-0.25, -0.2) is 0 Å². The first-order valence-electron chi connectivity index (χ1n) is 13.9. The number of rotatable bonds is 13. The number of carbonyl (C=O) groups excluding carboxylic acids is 1. The maximum absolute atomic E-state index is 11.3. The number of thiophene rings is 1. The summed E-state index contributed by atoms with van der Waals surface area (Å²) in [4.78, 5) is 16.0. The number of para-hydroxylation sites is 2. The second-order valence-electron chi connectivity index (χ2n) is 11.1. The number of H-pyrrole nitrogens is 1. The Morgan fingerprint density at radius 3 is 2.56 bits per heavy atom. The number of aromatic nitrogens is 1. The van der Waals surface area contributed by atoms with Crippen LogP contribution in [-0.2, 0) is 19.3 Å². The largest absolute Gasteiger partial charge is 0.490 e. The first-order chi connectivity index (χ1) is 19.8. The molecule has 1 atom stereocenters. The van der Waals surface area contributed by atoms with Crippen LogP contribution >= 0.6 is 11.3 Å². The van der Waals surface area contributed by atoms with E-state index in [-0.39, 0.29) is 12.1 Å². The van der Waals surface area contributed by atoms with Crippen molar-refractivity contribution in [1.82, 2.24) is 10.3 Å². The van der Waals surface area contributed by atoms with Gasteiger partial charge in [0.1, 0.15) is 18.5 Å². The van der Waals surface area contributed by atoms with Gasteiger partial charge in [0, 0.05) is 45.2 Å². The first kappa shape index (κ1) is 28.6. The standard InChI is InChI=1S/C34H37N3O3S/c1-34(2,37-21-27(38)22-40-30-10-4-3-8-29(30)31-11-6-18-41-31)19-26-20-36-32-24(7-5-9-28(26)32)15-12-23-13-16-25(17-14-23)33(35)39/h3-11,13-14,16-18,20,27,36-38H,12,15,19,21-22H2,1-2H3,(H2,35,39)/t27-/m0/s1. The Morgan fingerprint density at radius 2 is 1.80 bits per heavy atom. The lowest BCUT2D eigenvalue weighted by molar-refractivity contribution is 0.0991. The lowest BCUT2D eigenvalue weighted by Gasteiger charge is -2.28. The Labute approximate surface area is 245 Å². The fourth-order valence-corrected chi connectivity index (χ4v) is 5.91. The number of aromatic amines is 1. The first-order valence-corrected chi connectivity index (χ1v) is 14.8. The van der Waals surface area contributed by atoms with Crippen molar-refractivity contribution < 1.29 is 14.6 Å². The number of hydrogen-bond donors (Lipinski definition) is 4. The number of hydrogen-bond acceptors (Lipinski definition) is 5. The molecule has 0 aliphatic carbocycles. The molecule has 0 saturated carbocycles. The molecule has 3 aromatic carbocycles. The van der Waals surface area contributed by atoms with Crippen molar-refractivity contribution >= 4 is 28.1 Å². The summed E-state index contributed by atoms with van der Waals surface area (Å²) in [5.41, 5.74) is 11.5. The monoisotopic (exact) mass is 567 g/mol. The summed E-state index contributed by atoms with van der Waals surface area (Å²) in [6, 6.07) is 26.0. The van der Waals surface area contributed by atoms with Crippen LogP contribution in [0.3, 0.4) is 0 Å². The van der Waals surface area contributed by atoms with E-state index >= 15 is 0 Å². The molecule has 212 valence electrons. The van der Waals surface area contributed by atoms with Crippen LogP contribution in [0.15, 0.2) is 90.4 Å². The van der Waals surface area contributed by atoms with Crippen molar-refractivity contribution in [3.8, 4) is 16.2 Å². The van der Waals surface area contributed by atoms with E-state index in [1.807, 2.05) is 42.5 Å². The molecule has 7 heteroatoms. The van der Waals surface area contributed by atoms with Crippen molar-refractivity contribution in [3.05, 3.63) is 113 Å². The van der Waals surface area contributed by atoms with Crippen LogP contribution in [0.2, 0.25) is 0 Å². The minimum absolute atomic E-state index is 0.215. The van der Waals surface area contributed by atoms with Crippen molar-refractivity contribution in [2.24, 2.45) is 5.73 Å². The summed E-state index contributed by atoms with van der Waals surface area (Å²) in [6.45, 7) is 4.96. The second-order valence-corrected chi connectivity index (χ2v) is 12.0. The summed E-state index contributed by atoms with van der Waals surface area (Å²) in [7, 11) is 0. The minimum Gasteiger partial charge on any atom is -0.490 e. The Kier molecular flexibility index (Phi) is 8.88. The van der Waals surface area contributed by atoms with Crippen LogP contribution in [-0.4, -0.2) is 40.8 Å². The summed E-state index contributed by atoms with van der Waals surface area (Å²) in [6.07, 6.45) is 4.02. The highest BCUT2D eigenvalue weighted by Crippen LogP contribution is 2.33. The molecule has 0 fully saturated rings. The molecule has 41 heavy (non-hydrogen) atoms. The van der Waals surface area contributed by atoms with Crippen molar-refractivity contribution in [3.63, 3.8) is 0 Å². The van der Waals surface area contributed by atoms with Crippen LogP contribution in [0.5, 0.6) is 5.75 Å². The molecular formula is C34H37N3O3S. The van der Waals surface area contributed by atoms with Gasteiger partial charge in [0.25, 0.3) is 0 Å². The molecule has 0 spiro atoms. The van der Waals surface area contributed by atoms with E-state index in [0.29, 0.717) is 12.1 Å². The van der Waals surface area contributed by atoms with Crippen molar-refractivity contribution in [2.45, 2.75) is 44.8 Å². The number of carbonyl (C=O) groups is 1. The van der Waals surface area contributed by atoms with Gasteiger partial charge in [-0.15, -0.1) is 11.3 Å². The molecule has 0 bridgehead atoms. The zero-order chi connectivity index (χ0) is 28.8. The molecule has 5 N–H and O–H groups in total. The van der Waals surface area contributed by atoms with Gasteiger partial charge in [-0.3, -0.25) is 4.79 Å². The highest BCUT2D eigenvalue weighted by molar-refractivity contribution is 7.13. The Morgan fingerprint density at radius 1 is 1.00 bits per heavy atom. The quantitative estimate of drug-likeness (QED) is 0.137. The molecule has 2 aromatic heterocycles. The molecule has 0 saturated heterocycles. The number of aryl methyl sites for hydroxylation is 2. The zero-order valence-corrected chi connectivity index (χ0v) is 24.3. The third kappa shape index (κ3) is 7.24. The van der Waals surface area contributed by atoms with Gasteiger partial charge in [-0.1, -0.05) is 48.5 Å². The Bertz CT molecular complexity index is 1590. The SMILES string of the molecule is CC(C)(Cc1c[nH]c2c(CCc3ccc(C(N)=O)cc3)cccc12)NC[C@H](O)COc1ccccc1-c1cccs1. The summed E-state index contributed by atoms with van der Waals surface area (Å²) in [5.74, 6) is 0.377. The van der Waals surface area contributed by atoms with Gasteiger partial charge >= 0.3 is 0 Å². The van der Waals surface area contributed by atoms with Crippen LogP contribution in [0.25, 0.3) is 21.3 Å². The molecular weight excluding hydrogens is 530 g/mol. The minimum atomic E-state index is -0.641. The number of amides is 1. The number of nitrogens with two attached hydrogens (primary N) is 1. The van der Waals surface area contributed by atoms with E-state index in [1.54, 1.807) is 23.5 Å². The van der Waals surface area contributed by atoms with Crippen LogP contribution in [0, 0.1) is 0 Å². The number of benzene rings is 3. The Balaban J connectivity index is 1.16. The molecule has 0 radical (unpaired) electrons. The zero-order valence-electron chi connectivity index (χ0n) is 23.5. The van der Waals surface area contributed by atoms with Gasteiger partial charge in [0.05, 0.1) is 0 Å². The molecule has 0 unspecified atom stereocenters. The van der Waals surface area contributed by atoms with Crippen molar-refractivity contribution in [1.29, 1.82) is 0 Å².